The van der Waals surface area contributed by atoms with E-state index < -0.39 is 24.0 Å². The number of carboxylic acid groups (broad SMARTS) is 1. The molecule has 2 aromatic rings. The van der Waals surface area contributed by atoms with Crippen LogP contribution >= 0.6 is 0 Å². The monoisotopic (exact) mass is 335 g/mol. The van der Waals surface area contributed by atoms with Crippen molar-refractivity contribution in [3.05, 3.63) is 47.2 Å². The number of carbonyl (C=O) groups is 1. The SMILES string of the molecule is CCc1ccc([C@H]2C[C@@H](C(C)(F)F)n3ncc(C(=O)O)c3N2)cc1. The highest BCUT2D eigenvalue weighted by Crippen LogP contribution is 2.43. The molecule has 2 heterocycles. The minimum absolute atomic E-state index is 0.0980. The Morgan fingerprint density at radius 1 is 1.42 bits per heavy atom. The molecule has 0 radical (unpaired) electrons. The molecule has 0 amide bonds. The lowest BCUT2D eigenvalue weighted by atomic mass is 9.93. The van der Waals surface area contributed by atoms with E-state index in [1.165, 1.54) is 0 Å². The molecule has 0 saturated carbocycles. The first-order chi connectivity index (χ1) is 11.3. The van der Waals surface area contributed by atoms with Crippen molar-refractivity contribution in [2.45, 2.75) is 44.7 Å². The summed E-state index contributed by atoms with van der Waals surface area (Å²) in [6.07, 6.45) is 2.14. The van der Waals surface area contributed by atoms with Crippen molar-refractivity contribution in [3.8, 4) is 0 Å². The van der Waals surface area contributed by atoms with Crippen molar-refractivity contribution in [1.29, 1.82) is 0 Å². The standard InChI is InChI=1S/C17H19F2N3O2/c1-3-10-4-6-11(7-5-10)13-8-14(17(2,18)19)22-15(21-13)12(9-20-22)16(23)24/h4-7,9,13-14,21H,3,8H2,1-2H3,(H,23,24)/t13-,14+/m1/s1. The number of nitrogens with one attached hydrogen (secondary N) is 1. The van der Waals surface area contributed by atoms with E-state index in [1.807, 2.05) is 31.2 Å². The molecule has 0 aliphatic carbocycles. The molecule has 0 unspecified atom stereocenters. The lowest BCUT2D eigenvalue weighted by Gasteiger charge is -2.35. The molecule has 2 N–H and O–H groups in total. The van der Waals surface area contributed by atoms with Crippen LogP contribution in [0.3, 0.4) is 0 Å². The zero-order chi connectivity index (χ0) is 17.5. The first kappa shape index (κ1) is 16.4. The van der Waals surface area contributed by atoms with Crippen LogP contribution in [-0.4, -0.2) is 26.8 Å². The highest BCUT2D eigenvalue weighted by molar-refractivity contribution is 5.93. The van der Waals surface area contributed by atoms with Crippen molar-refractivity contribution in [1.82, 2.24) is 9.78 Å². The van der Waals surface area contributed by atoms with Crippen molar-refractivity contribution in [3.63, 3.8) is 0 Å². The number of benzene rings is 1. The fourth-order valence-corrected chi connectivity index (χ4v) is 3.07. The van der Waals surface area contributed by atoms with Crippen molar-refractivity contribution in [2.24, 2.45) is 0 Å². The van der Waals surface area contributed by atoms with E-state index in [0.717, 1.165) is 35.4 Å². The Morgan fingerprint density at radius 2 is 2.08 bits per heavy atom. The van der Waals surface area contributed by atoms with Crippen LogP contribution in [0.5, 0.6) is 0 Å². The Balaban J connectivity index is 2.02. The van der Waals surface area contributed by atoms with E-state index in [4.69, 9.17) is 0 Å². The number of aromatic carboxylic acids is 1. The number of hydrogen-bond acceptors (Lipinski definition) is 3. The van der Waals surface area contributed by atoms with Gasteiger partial charge in [0.25, 0.3) is 5.92 Å². The first-order valence-electron chi connectivity index (χ1n) is 7.85. The average Bonchev–Trinajstić information content (AvgIpc) is 2.97. The van der Waals surface area contributed by atoms with Crippen LogP contribution in [0.25, 0.3) is 0 Å². The van der Waals surface area contributed by atoms with Gasteiger partial charge in [0.15, 0.2) is 0 Å². The number of alkyl halides is 2. The van der Waals surface area contributed by atoms with E-state index in [2.05, 4.69) is 10.4 Å². The number of nitrogens with zero attached hydrogens (tertiary/aromatic N) is 2. The number of fused-ring (bicyclic) bond motifs is 1. The van der Waals surface area contributed by atoms with E-state index in [9.17, 15) is 18.7 Å². The normalized spacial score (nSPS) is 20.3. The third kappa shape index (κ3) is 2.86. The Kier molecular flexibility index (Phi) is 4.03. The number of carboxylic acids is 1. The number of rotatable bonds is 4. The fourth-order valence-electron chi connectivity index (χ4n) is 3.07. The third-order valence-corrected chi connectivity index (χ3v) is 4.47. The predicted octanol–water partition coefficient (Wildman–Crippen LogP) is 3.90. The molecule has 24 heavy (non-hydrogen) atoms. The molecular formula is C17H19F2N3O2. The van der Waals surface area contributed by atoms with Crippen molar-refractivity contribution >= 4 is 11.8 Å². The summed E-state index contributed by atoms with van der Waals surface area (Å²) in [5, 5.41) is 16.2. The molecule has 0 saturated heterocycles. The molecule has 128 valence electrons. The predicted molar refractivity (Wildman–Crippen MR) is 85.6 cm³/mol. The molecule has 0 bridgehead atoms. The summed E-state index contributed by atoms with van der Waals surface area (Å²) in [5.74, 6) is -4.07. The van der Waals surface area contributed by atoms with Crippen LogP contribution in [0, 0.1) is 0 Å². The van der Waals surface area contributed by atoms with E-state index in [1.54, 1.807) is 0 Å². The molecule has 1 aliphatic heterocycles. The highest BCUT2D eigenvalue weighted by Gasteiger charge is 2.43. The Hall–Kier alpha value is -2.44. The summed E-state index contributed by atoms with van der Waals surface area (Å²) in [6.45, 7) is 2.88. The maximum Gasteiger partial charge on any atom is 0.341 e. The lowest BCUT2D eigenvalue weighted by molar-refractivity contribution is -0.0438. The maximum absolute atomic E-state index is 14.1. The molecule has 5 nitrogen and oxygen atoms in total. The van der Waals surface area contributed by atoms with Gasteiger partial charge in [-0.3, -0.25) is 0 Å². The van der Waals surface area contributed by atoms with Gasteiger partial charge in [-0.2, -0.15) is 5.10 Å². The zero-order valence-corrected chi connectivity index (χ0v) is 13.5. The number of aryl methyl sites for hydroxylation is 1. The van der Waals surface area contributed by atoms with Crippen LogP contribution in [0.2, 0.25) is 0 Å². The average molecular weight is 335 g/mol. The van der Waals surface area contributed by atoms with Crippen LogP contribution < -0.4 is 5.32 Å². The minimum Gasteiger partial charge on any atom is -0.477 e. The summed E-state index contributed by atoms with van der Waals surface area (Å²) in [4.78, 5) is 11.3. The quantitative estimate of drug-likeness (QED) is 0.889. The Morgan fingerprint density at radius 3 is 2.62 bits per heavy atom. The van der Waals surface area contributed by atoms with Crippen LogP contribution in [0.4, 0.5) is 14.6 Å². The molecule has 2 atom stereocenters. The summed E-state index contributed by atoms with van der Waals surface area (Å²) in [7, 11) is 0. The summed E-state index contributed by atoms with van der Waals surface area (Å²) < 4.78 is 29.2. The van der Waals surface area contributed by atoms with Gasteiger partial charge in [0.2, 0.25) is 0 Å². The van der Waals surface area contributed by atoms with Gasteiger partial charge < -0.3 is 10.4 Å². The molecule has 1 aromatic heterocycles. The molecule has 3 rings (SSSR count). The lowest BCUT2D eigenvalue weighted by Crippen LogP contribution is -2.36. The van der Waals surface area contributed by atoms with E-state index in [-0.39, 0.29) is 17.8 Å². The second-order valence-corrected chi connectivity index (χ2v) is 6.16. The molecule has 0 fully saturated rings. The van der Waals surface area contributed by atoms with Gasteiger partial charge in [-0.05, 0) is 17.5 Å². The topological polar surface area (TPSA) is 67.2 Å². The van der Waals surface area contributed by atoms with Crippen LogP contribution in [0.15, 0.2) is 30.5 Å². The third-order valence-electron chi connectivity index (χ3n) is 4.47. The Bertz CT molecular complexity index is 750. The first-order valence-corrected chi connectivity index (χ1v) is 7.85. The van der Waals surface area contributed by atoms with E-state index >= 15 is 0 Å². The van der Waals surface area contributed by atoms with Gasteiger partial charge >= 0.3 is 5.97 Å². The molecule has 7 heteroatoms. The smallest absolute Gasteiger partial charge is 0.341 e. The van der Waals surface area contributed by atoms with Crippen molar-refractivity contribution in [2.75, 3.05) is 5.32 Å². The highest BCUT2D eigenvalue weighted by atomic mass is 19.3. The summed E-state index contributed by atoms with van der Waals surface area (Å²) in [5.41, 5.74) is 1.91. The second kappa shape index (κ2) is 5.89. The number of aromatic nitrogens is 2. The number of halogens is 2. The number of anilines is 1. The molecule has 1 aliphatic rings. The Labute approximate surface area is 138 Å². The van der Waals surface area contributed by atoms with E-state index in [0.29, 0.717) is 0 Å². The van der Waals surface area contributed by atoms with Crippen molar-refractivity contribution < 1.29 is 18.7 Å². The largest absolute Gasteiger partial charge is 0.477 e. The molecule has 0 spiro atoms. The summed E-state index contributed by atoms with van der Waals surface area (Å²) >= 11 is 0. The minimum atomic E-state index is -3.01. The second-order valence-electron chi connectivity index (χ2n) is 6.16. The van der Waals surface area contributed by atoms with Crippen LogP contribution in [-0.2, 0) is 6.42 Å². The number of hydrogen-bond donors (Lipinski definition) is 2. The van der Waals surface area contributed by atoms with Gasteiger partial charge in [-0.15, -0.1) is 0 Å². The zero-order valence-electron chi connectivity index (χ0n) is 13.5. The van der Waals surface area contributed by atoms with Gasteiger partial charge in [-0.25, -0.2) is 18.3 Å². The van der Waals surface area contributed by atoms with Gasteiger partial charge in [0, 0.05) is 13.3 Å². The maximum atomic E-state index is 14.1. The molecular weight excluding hydrogens is 316 g/mol. The van der Waals surface area contributed by atoms with Gasteiger partial charge in [-0.1, -0.05) is 31.2 Å². The fraction of sp³-hybridized carbons (Fsp3) is 0.412. The van der Waals surface area contributed by atoms with Gasteiger partial charge in [0.05, 0.1) is 12.2 Å². The van der Waals surface area contributed by atoms with Crippen LogP contribution in [0.1, 0.15) is 53.8 Å². The summed E-state index contributed by atoms with van der Waals surface area (Å²) in [6, 6.07) is 6.12. The molecule has 1 aromatic carbocycles. The van der Waals surface area contributed by atoms with Gasteiger partial charge in [0.1, 0.15) is 17.4 Å².